The Balaban J connectivity index is 1.82. The molecule has 0 aliphatic rings. The van der Waals surface area contributed by atoms with E-state index in [0.717, 1.165) is 31.4 Å². The van der Waals surface area contributed by atoms with Gasteiger partial charge in [0, 0.05) is 5.56 Å². The van der Waals surface area contributed by atoms with Crippen molar-refractivity contribution in [1.29, 1.82) is 0 Å². The minimum atomic E-state index is -0.250. The number of methoxy groups -OCH3 is 1. The SMILES string of the molecule is COc1ccc(/C=C/c2nc(-c3ccc(F)cc3)c(Br)s2)cc1. The lowest BCUT2D eigenvalue weighted by Gasteiger charge is -1.98. The quantitative estimate of drug-likeness (QED) is 0.554. The van der Waals surface area contributed by atoms with Gasteiger partial charge in [0.15, 0.2) is 0 Å². The van der Waals surface area contributed by atoms with Gasteiger partial charge in [0.1, 0.15) is 16.6 Å². The second-order valence-corrected chi connectivity index (χ2v) is 7.14. The monoisotopic (exact) mass is 389 g/mol. The Morgan fingerprint density at radius 1 is 1.04 bits per heavy atom. The van der Waals surface area contributed by atoms with Gasteiger partial charge in [0.2, 0.25) is 0 Å². The van der Waals surface area contributed by atoms with Gasteiger partial charge in [-0.3, -0.25) is 0 Å². The maximum Gasteiger partial charge on any atom is 0.123 e. The van der Waals surface area contributed by atoms with Gasteiger partial charge < -0.3 is 4.74 Å². The first-order valence-corrected chi connectivity index (χ1v) is 8.51. The number of thiazole rings is 1. The van der Waals surface area contributed by atoms with Gasteiger partial charge in [-0.15, -0.1) is 11.3 Å². The summed E-state index contributed by atoms with van der Waals surface area (Å²) in [5.74, 6) is 0.581. The highest BCUT2D eigenvalue weighted by Gasteiger charge is 2.09. The third-order valence-electron chi connectivity index (χ3n) is 3.25. The number of benzene rings is 2. The second kappa shape index (κ2) is 7.06. The molecule has 0 amide bonds. The molecule has 23 heavy (non-hydrogen) atoms. The molecular weight excluding hydrogens is 377 g/mol. The van der Waals surface area contributed by atoms with E-state index in [4.69, 9.17) is 4.74 Å². The molecule has 0 spiro atoms. The smallest absolute Gasteiger partial charge is 0.123 e. The van der Waals surface area contributed by atoms with Gasteiger partial charge in [-0.25, -0.2) is 9.37 Å². The molecule has 2 nitrogen and oxygen atoms in total. The summed E-state index contributed by atoms with van der Waals surface area (Å²) in [7, 11) is 1.65. The van der Waals surface area contributed by atoms with E-state index < -0.39 is 0 Å². The molecule has 0 aliphatic heterocycles. The summed E-state index contributed by atoms with van der Waals surface area (Å²) in [6, 6.07) is 14.1. The van der Waals surface area contributed by atoms with Crippen LogP contribution in [0.1, 0.15) is 10.6 Å². The average Bonchev–Trinajstić information content (AvgIpc) is 2.95. The number of nitrogens with zero attached hydrogens (tertiary/aromatic N) is 1. The summed E-state index contributed by atoms with van der Waals surface area (Å²) in [5.41, 5.74) is 2.78. The summed E-state index contributed by atoms with van der Waals surface area (Å²) >= 11 is 5.07. The molecule has 5 heteroatoms. The van der Waals surface area contributed by atoms with Crippen molar-refractivity contribution in [3.63, 3.8) is 0 Å². The third-order valence-corrected chi connectivity index (χ3v) is 4.92. The van der Waals surface area contributed by atoms with Crippen molar-refractivity contribution in [2.24, 2.45) is 0 Å². The lowest BCUT2D eigenvalue weighted by molar-refractivity contribution is 0.415. The molecule has 0 saturated heterocycles. The molecule has 0 unspecified atom stereocenters. The zero-order valence-electron chi connectivity index (χ0n) is 12.3. The van der Waals surface area contributed by atoms with Gasteiger partial charge in [-0.2, -0.15) is 0 Å². The zero-order chi connectivity index (χ0) is 16.2. The van der Waals surface area contributed by atoms with Crippen LogP contribution < -0.4 is 4.74 Å². The Hall–Kier alpha value is -1.98. The van der Waals surface area contributed by atoms with Crippen molar-refractivity contribution < 1.29 is 9.13 Å². The van der Waals surface area contributed by atoms with Gasteiger partial charge >= 0.3 is 0 Å². The fraction of sp³-hybridized carbons (Fsp3) is 0.0556. The molecule has 0 bridgehead atoms. The zero-order valence-corrected chi connectivity index (χ0v) is 14.7. The minimum absolute atomic E-state index is 0.250. The van der Waals surface area contributed by atoms with Crippen LogP contribution >= 0.6 is 27.3 Å². The molecule has 3 aromatic rings. The normalized spacial score (nSPS) is 11.1. The van der Waals surface area contributed by atoms with E-state index in [1.807, 2.05) is 36.4 Å². The fourth-order valence-electron chi connectivity index (χ4n) is 2.06. The maximum absolute atomic E-state index is 13.0. The molecule has 0 N–H and O–H groups in total. The summed E-state index contributed by atoms with van der Waals surface area (Å²) in [4.78, 5) is 4.60. The molecule has 3 rings (SSSR count). The summed E-state index contributed by atoms with van der Waals surface area (Å²) in [5, 5.41) is 0.881. The van der Waals surface area contributed by atoms with Crippen molar-refractivity contribution in [1.82, 2.24) is 4.98 Å². The van der Waals surface area contributed by atoms with Crippen LogP contribution in [0.5, 0.6) is 5.75 Å². The number of aromatic nitrogens is 1. The van der Waals surface area contributed by atoms with Crippen LogP contribution in [-0.4, -0.2) is 12.1 Å². The summed E-state index contributed by atoms with van der Waals surface area (Å²) in [6.45, 7) is 0. The number of rotatable bonds is 4. The molecule has 0 fully saturated rings. The minimum Gasteiger partial charge on any atom is -0.497 e. The first kappa shape index (κ1) is 15.9. The summed E-state index contributed by atoms with van der Waals surface area (Å²) < 4.78 is 19.1. The summed E-state index contributed by atoms with van der Waals surface area (Å²) in [6.07, 6.45) is 3.96. The van der Waals surface area contributed by atoms with Crippen molar-refractivity contribution in [3.8, 4) is 17.0 Å². The lowest BCUT2D eigenvalue weighted by Crippen LogP contribution is -1.81. The van der Waals surface area contributed by atoms with E-state index in [2.05, 4.69) is 20.9 Å². The molecule has 0 atom stereocenters. The van der Waals surface area contributed by atoms with Gasteiger partial charge in [0.05, 0.1) is 16.6 Å². The molecule has 1 aromatic heterocycles. The predicted octanol–water partition coefficient (Wildman–Crippen LogP) is 5.89. The number of hydrogen-bond donors (Lipinski definition) is 0. The van der Waals surface area contributed by atoms with Crippen LogP contribution in [0.25, 0.3) is 23.4 Å². The highest BCUT2D eigenvalue weighted by Crippen LogP contribution is 2.33. The maximum atomic E-state index is 13.0. The Kier molecular flexibility index (Phi) is 4.88. The molecule has 2 aromatic carbocycles. The highest BCUT2D eigenvalue weighted by atomic mass is 79.9. The van der Waals surface area contributed by atoms with E-state index in [1.54, 1.807) is 30.6 Å². The van der Waals surface area contributed by atoms with Crippen molar-refractivity contribution in [2.45, 2.75) is 0 Å². The van der Waals surface area contributed by atoms with Crippen LogP contribution in [0.4, 0.5) is 4.39 Å². The Morgan fingerprint density at radius 2 is 1.74 bits per heavy atom. The fourth-order valence-corrected chi connectivity index (χ4v) is 3.59. The highest BCUT2D eigenvalue weighted by molar-refractivity contribution is 9.11. The molecule has 0 aliphatic carbocycles. The van der Waals surface area contributed by atoms with Crippen LogP contribution in [0.15, 0.2) is 52.3 Å². The molecule has 0 saturated carbocycles. The van der Waals surface area contributed by atoms with Crippen LogP contribution in [0, 0.1) is 5.82 Å². The number of halogens is 2. The van der Waals surface area contributed by atoms with Crippen molar-refractivity contribution >= 4 is 39.4 Å². The van der Waals surface area contributed by atoms with Gasteiger partial charge in [0.25, 0.3) is 0 Å². The Bertz CT molecular complexity index is 825. The molecule has 0 radical (unpaired) electrons. The van der Waals surface area contributed by atoms with Gasteiger partial charge in [-0.05, 0) is 64.0 Å². The van der Waals surface area contributed by atoms with Crippen LogP contribution in [-0.2, 0) is 0 Å². The van der Waals surface area contributed by atoms with E-state index in [1.165, 1.54) is 12.1 Å². The molecule has 116 valence electrons. The first-order valence-electron chi connectivity index (χ1n) is 6.90. The number of hydrogen-bond acceptors (Lipinski definition) is 3. The van der Waals surface area contributed by atoms with E-state index >= 15 is 0 Å². The molecular formula is C18H13BrFNOS. The van der Waals surface area contributed by atoms with E-state index in [-0.39, 0.29) is 5.82 Å². The lowest BCUT2D eigenvalue weighted by atomic mass is 10.2. The standard InChI is InChI=1S/C18H13BrFNOS/c1-22-15-9-2-12(3-10-15)4-11-16-21-17(18(19)23-16)13-5-7-14(20)8-6-13/h2-11H,1H3/b11-4+. The topological polar surface area (TPSA) is 22.1 Å². The van der Waals surface area contributed by atoms with Crippen LogP contribution in [0.3, 0.4) is 0 Å². The second-order valence-electron chi connectivity index (χ2n) is 4.79. The van der Waals surface area contributed by atoms with Crippen LogP contribution in [0.2, 0.25) is 0 Å². The number of ether oxygens (including phenoxy) is 1. The van der Waals surface area contributed by atoms with Crippen molar-refractivity contribution in [3.05, 3.63) is 68.7 Å². The van der Waals surface area contributed by atoms with E-state index in [0.29, 0.717) is 0 Å². The third kappa shape index (κ3) is 3.86. The first-order chi connectivity index (χ1) is 11.2. The predicted molar refractivity (Wildman–Crippen MR) is 97.1 cm³/mol. The Morgan fingerprint density at radius 3 is 2.39 bits per heavy atom. The Labute approximate surface area is 146 Å². The van der Waals surface area contributed by atoms with Gasteiger partial charge in [-0.1, -0.05) is 18.2 Å². The largest absolute Gasteiger partial charge is 0.497 e. The van der Waals surface area contributed by atoms with E-state index in [9.17, 15) is 4.39 Å². The molecule has 1 heterocycles. The average molecular weight is 390 g/mol. The van der Waals surface area contributed by atoms with Crippen molar-refractivity contribution in [2.75, 3.05) is 7.11 Å².